The van der Waals surface area contributed by atoms with Crippen LogP contribution < -0.4 is 5.32 Å². The molecule has 112 valence electrons. The summed E-state index contributed by atoms with van der Waals surface area (Å²) in [6, 6.07) is 8.31. The molecule has 3 rings (SSSR count). The lowest BCUT2D eigenvalue weighted by Gasteiger charge is -2.04. The molecule has 0 saturated carbocycles. The molecule has 0 fully saturated rings. The van der Waals surface area contributed by atoms with E-state index in [0.29, 0.717) is 18.5 Å². The summed E-state index contributed by atoms with van der Waals surface area (Å²) in [6.07, 6.45) is 2.55. The fourth-order valence-electron chi connectivity index (χ4n) is 2.10. The predicted octanol–water partition coefficient (Wildman–Crippen LogP) is 2.04. The smallest absolute Gasteiger partial charge is 0.246 e. The Kier molecular flexibility index (Phi) is 4.93. The van der Waals surface area contributed by atoms with Crippen LogP contribution >= 0.6 is 12.4 Å². The van der Waals surface area contributed by atoms with Crippen LogP contribution in [0.2, 0.25) is 0 Å². The van der Waals surface area contributed by atoms with E-state index in [9.17, 15) is 0 Å². The Bertz CT molecular complexity index is 708. The van der Waals surface area contributed by atoms with Crippen LogP contribution in [-0.4, -0.2) is 32.8 Å². The fourth-order valence-corrected chi connectivity index (χ4v) is 2.10. The zero-order valence-electron chi connectivity index (χ0n) is 12.0. The Morgan fingerprint density at radius 3 is 2.95 bits per heavy atom. The van der Waals surface area contributed by atoms with Gasteiger partial charge >= 0.3 is 0 Å². The summed E-state index contributed by atoms with van der Waals surface area (Å²) in [5, 5.41) is 7.16. The summed E-state index contributed by atoms with van der Waals surface area (Å²) in [5.41, 5.74) is 2.03. The molecule has 0 spiro atoms. The Morgan fingerprint density at radius 1 is 1.33 bits per heavy atom. The van der Waals surface area contributed by atoms with E-state index in [1.807, 2.05) is 35.9 Å². The molecule has 0 amide bonds. The van der Waals surface area contributed by atoms with Crippen molar-refractivity contribution in [3.8, 4) is 0 Å². The van der Waals surface area contributed by atoms with Crippen molar-refractivity contribution in [2.24, 2.45) is 0 Å². The van der Waals surface area contributed by atoms with Crippen molar-refractivity contribution in [1.82, 2.24) is 25.0 Å². The minimum absolute atomic E-state index is 0. The van der Waals surface area contributed by atoms with Gasteiger partial charge < -0.3 is 14.4 Å². The minimum atomic E-state index is 0. The Hall–Kier alpha value is -1.92. The number of benzene rings is 1. The highest BCUT2D eigenvalue weighted by atomic mass is 35.5. The quantitative estimate of drug-likeness (QED) is 0.781. The van der Waals surface area contributed by atoms with Gasteiger partial charge in [0.25, 0.3) is 0 Å². The van der Waals surface area contributed by atoms with Gasteiger partial charge in [0.2, 0.25) is 5.89 Å². The first-order chi connectivity index (χ1) is 9.76. The third-order valence-corrected chi connectivity index (χ3v) is 3.32. The first-order valence-electron chi connectivity index (χ1n) is 6.65. The average molecular weight is 308 g/mol. The topological polar surface area (TPSA) is 68.8 Å². The van der Waals surface area contributed by atoms with Crippen LogP contribution in [0, 0.1) is 0 Å². The standard InChI is InChI=1S/C14H17N5O.ClH/c1-10(15-2)7-13-17-14(20-18-13)8-19-9-16-11-5-3-4-6-12(11)19;/h3-6,9-10,15H,7-8H2,1-2H3;1H. The second-order valence-electron chi connectivity index (χ2n) is 4.86. The van der Waals surface area contributed by atoms with Crippen molar-refractivity contribution in [2.75, 3.05) is 7.05 Å². The number of rotatable bonds is 5. The molecule has 1 aromatic carbocycles. The molecule has 6 nitrogen and oxygen atoms in total. The van der Waals surface area contributed by atoms with Crippen LogP contribution in [-0.2, 0) is 13.0 Å². The van der Waals surface area contributed by atoms with Gasteiger partial charge in [-0.1, -0.05) is 17.3 Å². The maximum atomic E-state index is 5.29. The highest BCUT2D eigenvalue weighted by Crippen LogP contribution is 2.13. The fraction of sp³-hybridized carbons (Fsp3) is 0.357. The second-order valence-corrected chi connectivity index (χ2v) is 4.86. The van der Waals surface area contributed by atoms with Gasteiger partial charge in [-0.15, -0.1) is 12.4 Å². The molecule has 3 aromatic rings. The molecule has 0 aliphatic rings. The molecular weight excluding hydrogens is 290 g/mol. The van der Waals surface area contributed by atoms with Gasteiger partial charge in [0, 0.05) is 12.5 Å². The van der Waals surface area contributed by atoms with Crippen LogP contribution in [0.5, 0.6) is 0 Å². The first-order valence-corrected chi connectivity index (χ1v) is 6.65. The highest BCUT2D eigenvalue weighted by molar-refractivity contribution is 5.85. The summed E-state index contributed by atoms with van der Waals surface area (Å²) in [4.78, 5) is 8.76. The van der Waals surface area contributed by atoms with Crippen LogP contribution in [0.25, 0.3) is 11.0 Å². The molecule has 1 unspecified atom stereocenters. The summed E-state index contributed by atoms with van der Waals surface area (Å²) in [5.74, 6) is 1.33. The van der Waals surface area contributed by atoms with Gasteiger partial charge in [-0.3, -0.25) is 0 Å². The highest BCUT2D eigenvalue weighted by Gasteiger charge is 2.11. The van der Waals surface area contributed by atoms with Gasteiger partial charge in [-0.2, -0.15) is 4.98 Å². The van der Waals surface area contributed by atoms with Crippen LogP contribution in [0.15, 0.2) is 35.1 Å². The first kappa shape index (κ1) is 15.5. The molecule has 2 aromatic heterocycles. The van der Waals surface area contributed by atoms with E-state index >= 15 is 0 Å². The number of nitrogens with zero attached hydrogens (tertiary/aromatic N) is 4. The van der Waals surface area contributed by atoms with Crippen molar-refractivity contribution in [3.05, 3.63) is 42.3 Å². The second kappa shape index (κ2) is 6.69. The van der Waals surface area contributed by atoms with Crippen LogP contribution in [0.3, 0.4) is 0 Å². The summed E-state index contributed by atoms with van der Waals surface area (Å²) >= 11 is 0. The maximum Gasteiger partial charge on any atom is 0.246 e. The molecule has 21 heavy (non-hydrogen) atoms. The lowest BCUT2D eigenvalue weighted by Crippen LogP contribution is -2.24. The number of hydrogen-bond acceptors (Lipinski definition) is 5. The molecule has 1 atom stereocenters. The Morgan fingerprint density at radius 2 is 2.14 bits per heavy atom. The molecule has 1 N–H and O–H groups in total. The molecular formula is C14H18ClN5O. The number of hydrogen-bond donors (Lipinski definition) is 1. The van der Waals surface area contributed by atoms with Gasteiger partial charge in [-0.05, 0) is 26.1 Å². The molecule has 0 aliphatic heterocycles. The summed E-state index contributed by atoms with van der Waals surface area (Å²) < 4.78 is 7.30. The van der Waals surface area contributed by atoms with E-state index in [0.717, 1.165) is 23.3 Å². The molecule has 0 radical (unpaired) electrons. The Labute approximate surface area is 129 Å². The lowest BCUT2D eigenvalue weighted by atomic mass is 10.2. The van der Waals surface area contributed by atoms with Crippen molar-refractivity contribution in [2.45, 2.75) is 25.9 Å². The van der Waals surface area contributed by atoms with E-state index in [1.54, 1.807) is 6.33 Å². The van der Waals surface area contributed by atoms with E-state index in [-0.39, 0.29) is 12.4 Å². The summed E-state index contributed by atoms with van der Waals surface area (Å²) in [6.45, 7) is 2.63. The molecule has 7 heteroatoms. The third kappa shape index (κ3) is 3.40. The number of nitrogens with one attached hydrogen (secondary N) is 1. The molecule has 0 saturated heterocycles. The number of fused-ring (bicyclic) bond motifs is 1. The maximum absolute atomic E-state index is 5.29. The van der Waals surface area contributed by atoms with Gasteiger partial charge in [0.1, 0.15) is 6.54 Å². The van der Waals surface area contributed by atoms with Crippen LogP contribution in [0.4, 0.5) is 0 Å². The largest absolute Gasteiger partial charge is 0.337 e. The SMILES string of the molecule is CNC(C)Cc1noc(Cn2cnc3ccccc32)n1.Cl. The van der Waals surface area contributed by atoms with Crippen molar-refractivity contribution < 1.29 is 4.52 Å². The molecule has 0 aliphatic carbocycles. The average Bonchev–Trinajstić information content (AvgIpc) is 3.07. The van der Waals surface area contributed by atoms with Crippen LogP contribution in [0.1, 0.15) is 18.6 Å². The normalized spacial score (nSPS) is 12.3. The number of imidazole rings is 1. The van der Waals surface area contributed by atoms with E-state index < -0.39 is 0 Å². The van der Waals surface area contributed by atoms with Crippen molar-refractivity contribution in [1.29, 1.82) is 0 Å². The van der Waals surface area contributed by atoms with Gasteiger partial charge in [0.05, 0.1) is 17.4 Å². The zero-order chi connectivity index (χ0) is 13.9. The number of likely N-dealkylation sites (N-methyl/N-ethyl adjacent to an activating group) is 1. The van der Waals surface area contributed by atoms with Gasteiger partial charge in [0.15, 0.2) is 5.82 Å². The third-order valence-electron chi connectivity index (χ3n) is 3.32. The van der Waals surface area contributed by atoms with Crippen molar-refractivity contribution in [3.63, 3.8) is 0 Å². The van der Waals surface area contributed by atoms with E-state index in [2.05, 4.69) is 27.4 Å². The lowest BCUT2D eigenvalue weighted by molar-refractivity contribution is 0.365. The minimum Gasteiger partial charge on any atom is -0.337 e. The molecule has 2 heterocycles. The zero-order valence-corrected chi connectivity index (χ0v) is 12.8. The molecule has 0 bridgehead atoms. The monoisotopic (exact) mass is 307 g/mol. The van der Waals surface area contributed by atoms with E-state index in [4.69, 9.17) is 4.52 Å². The van der Waals surface area contributed by atoms with Gasteiger partial charge in [-0.25, -0.2) is 4.98 Å². The number of aromatic nitrogens is 4. The summed E-state index contributed by atoms with van der Waals surface area (Å²) in [7, 11) is 1.92. The number of para-hydroxylation sites is 2. The van der Waals surface area contributed by atoms with Crippen molar-refractivity contribution >= 4 is 23.4 Å². The van der Waals surface area contributed by atoms with E-state index in [1.165, 1.54) is 0 Å². The Balaban J connectivity index is 0.00000161. The predicted molar refractivity (Wildman–Crippen MR) is 82.6 cm³/mol. The number of halogens is 1.